The van der Waals surface area contributed by atoms with E-state index in [0.29, 0.717) is 39.0 Å². The summed E-state index contributed by atoms with van der Waals surface area (Å²) < 4.78 is 11.4. The van der Waals surface area contributed by atoms with E-state index in [1.54, 1.807) is 4.90 Å². The maximum absolute atomic E-state index is 14.0. The lowest BCUT2D eigenvalue weighted by Gasteiger charge is -2.33. The molecule has 0 radical (unpaired) electrons. The van der Waals surface area contributed by atoms with Crippen LogP contribution in [-0.2, 0) is 29.0 Å². The standard InChI is InChI=1S/C34H40N2O4/c1-25-9-8-12-28(21-25)24-36(33(37)18-16-27-15-17-31-32(23-27)40-20-19-39-31)30(22-26-10-4-2-5-11-26)34(38)35-29-13-6-3-7-14-29/h2,4-5,8-12,15,17,21,23,29-30H,3,6-7,13-14,16,18-20,22,24H2,1H3,(H,35,38)/t30-/m0/s1. The number of rotatable bonds is 10. The van der Waals surface area contributed by atoms with Crippen LogP contribution in [0.2, 0.25) is 0 Å². The highest BCUT2D eigenvalue weighted by Gasteiger charge is 2.32. The Kier molecular flexibility index (Phi) is 9.38. The number of hydrogen-bond donors (Lipinski definition) is 1. The van der Waals surface area contributed by atoms with Gasteiger partial charge < -0.3 is 19.7 Å². The molecule has 6 nitrogen and oxygen atoms in total. The highest BCUT2D eigenvalue weighted by Crippen LogP contribution is 2.31. The predicted octanol–water partition coefficient (Wildman–Crippen LogP) is 5.79. The molecule has 6 heteroatoms. The van der Waals surface area contributed by atoms with E-state index in [9.17, 15) is 9.59 Å². The second kappa shape index (κ2) is 13.5. The van der Waals surface area contributed by atoms with Gasteiger partial charge in [-0.2, -0.15) is 0 Å². The van der Waals surface area contributed by atoms with Gasteiger partial charge in [0, 0.05) is 25.4 Å². The molecular weight excluding hydrogens is 500 g/mol. The summed E-state index contributed by atoms with van der Waals surface area (Å²) in [5, 5.41) is 3.32. The van der Waals surface area contributed by atoms with E-state index in [4.69, 9.17) is 9.47 Å². The second-order valence-electron chi connectivity index (χ2n) is 11.0. The van der Waals surface area contributed by atoms with Gasteiger partial charge in [0.2, 0.25) is 11.8 Å². The first-order valence-corrected chi connectivity index (χ1v) is 14.6. The third-order valence-electron chi connectivity index (χ3n) is 7.89. The molecule has 1 heterocycles. The van der Waals surface area contributed by atoms with Crippen molar-refractivity contribution in [1.82, 2.24) is 10.2 Å². The SMILES string of the molecule is Cc1cccc(CN(C(=O)CCc2ccc3c(c2)OCCO3)[C@@H](Cc2ccccc2)C(=O)NC2CCCCC2)c1. The van der Waals surface area contributed by atoms with Crippen LogP contribution in [0.5, 0.6) is 11.5 Å². The lowest BCUT2D eigenvalue weighted by atomic mass is 9.94. The normalized spacial score (nSPS) is 15.7. The van der Waals surface area contributed by atoms with Crippen molar-refractivity contribution in [3.8, 4) is 11.5 Å². The maximum atomic E-state index is 14.0. The van der Waals surface area contributed by atoms with E-state index in [1.807, 2.05) is 60.7 Å². The molecule has 1 fully saturated rings. The minimum atomic E-state index is -0.599. The minimum absolute atomic E-state index is 0.0314. The molecular formula is C34H40N2O4. The zero-order valence-corrected chi connectivity index (χ0v) is 23.4. The second-order valence-corrected chi connectivity index (χ2v) is 11.0. The van der Waals surface area contributed by atoms with Crippen molar-refractivity contribution in [2.75, 3.05) is 13.2 Å². The molecule has 1 aliphatic heterocycles. The van der Waals surface area contributed by atoms with Crippen molar-refractivity contribution in [3.63, 3.8) is 0 Å². The van der Waals surface area contributed by atoms with Crippen LogP contribution < -0.4 is 14.8 Å². The molecule has 2 amide bonds. The highest BCUT2D eigenvalue weighted by molar-refractivity contribution is 5.88. The molecule has 1 N–H and O–H groups in total. The summed E-state index contributed by atoms with van der Waals surface area (Å²) >= 11 is 0. The number of carbonyl (C=O) groups is 2. The molecule has 3 aromatic carbocycles. The van der Waals surface area contributed by atoms with E-state index in [0.717, 1.165) is 59.4 Å². The Labute approximate surface area is 237 Å². The van der Waals surface area contributed by atoms with Crippen molar-refractivity contribution in [3.05, 3.63) is 95.1 Å². The number of aryl methyl sites for hydroxylation is 2. The van der Waals surface area contributed by atoms with E-state index in [2.05, 4.69) is 24.4 Å². The molecule has 5 rings (SSSR count). The summed E-state index contributed by atoms with van der Waals surface area (Å²) in [7, 11) is 0. The van der Waals surface area contributed by atoms with E-state index < -0.39 is 6.04 Å². The molecule has 0 bridgehead atoms. The van der Waals surface area contributed by atoms with Crippen LogP contribution in [0, 0.1) is 6.92 Å². The van der Waals surface area contributed by atoms with Gasteiger partial charge in [-0.15, -0.1) is 0 Å². The molecule has 0 unspecified atom stereocenters. The molecule has 0 saturated heterocycles. The number of benzene rings is 3. The van der Waals surface area contributed by atoms with Crippen LogP contribution in [0.1, 0.15) is 60.8 Å². The van der Waals surface area contributed by atoms with Gasteiger partial charge in [-0.1, -0.05) is 85.5 Å². The number of amides is 2. The third kappa shape index (κ3) is 7.44. The number of nitrogens with zero attached hydrogens (tertiary/aromatic N) is 1. The Balaban J connectivity index is 1.39. The first kappa shape index (κ1) is 27.8. The fraction of sp³-hybridized carbons (Fsp3) is 0.412. The summed E-state index contributed by atoms with van der Waals surface area (Å²) in [5.74, 6) is 1.37. The Morgan fingerprint density at radius 1 is 0.850 bits per heavy atom. The fourth-order valence-corrected chi connectivity index (χ4v) is 5.74. The number of carbonyl (C=O) groups excluding carboxylic acids is 2. The zero-order chi connectivity index (χ0) is 27.7. The predicted molar refractivity (Wildman–Crippen MR) is 156 cm³/mol. The van der Waals surface area contributed by atoms with Gasteiger partial charge in [-0.3, -0.25) is 9.59 Å². The number of nitrogens with one attached hydrogen (secondary N) is 1. The van der Waals surface area contributed by atoms with Crippen LogP contribution in [-0.4, -0.2) is 42.0 Å². The largest absolute Gasteiger partial charge is 0.486 e. The molecule has 1 saturated carbocycles. The lowest BCUT2D eigenvalue weighted by Crippen LogP contribution is -2.52. The third-order valence-corrected chi connectivity index (χ3v) is 7.89. The average molecular weight is 541 g/mol. The Bertz CT molecular complexity index is 1290. The molecule has 2 aliphatic rings. The first-order valence-electron chi connectivity index (χ1n) is 14.6. The van der Waals surface area contributed by atoms with Crippen LogP contribution >= 0.6 is 0 Å². The summed E-state index contributed by atoms with van der Waals surface area (Å²) in [6, 6.07) is 23.6. The van der Waals surface area contributed by atoms with Crippen molar-refractivity contribution < 1.29 is 19.1 Å². The lowest BCUT2D eigenvalue weighted by molar-refractivity contribution is -0.141. The van der Waals surface area contributed by atoms with Crippen molar-refractivity contribution >= 4 is 11.8 Å². The Hall–Kier alpha value is -3.80. The molecule has 40 heavy (non-hydrogen) atoms. The van der Waals surface area contributed by atoms with Crippen molar-refractivity contribution in [1.29, 1.82) is 0 Å². The summed E-state index contributed by atoms with van der Waals surface area (Å²) in [4.78, 5) is 29.7. The van der Waals surface area contributed by atoms with Crippen molar-refractivity contribution in [2.24, 2.45) is 0 Å². The van der Waals surface area contributed by atoms with E-state index in [-0.39, 0.29) is 17.9 Å². The zero-order valence-electron chi connectivity index (χ0n) is 23.4. The molecule has 0 spiro atoms. The van der Waals surface area contributed by atoms with Gasteiger partial charge in [0.1, 0.15) is 19.3 Å². The van der Waals surface area contributed by atoms with Gasteiger partial charge in [-0.05, 0) is 55.0 Å². The Morgan fingerprint density at radius 3 is 2.38 bits per heavy atom. The van der Waals surface area contributed by atoms with Gasteiger partial charge >= 0.3 is 0 Å². The summed E-state index contributed by atoms with van der Waals surface area (Å²) in [6.07, 6.45) is 6.82. The highest BCUT2D eigenvalue weighted by atomic mass is 16.6. The molecule has 1 atom stereocenters. The number of ether oxygens (including phenoxy) is 2. The molecule has 210 valence electrons. The van der Waals surface area contributed by atoms with Crippen LogP contribution in [0.3, 0.4) is 0 Å². The number of hydrogen-bond acceptors (Lipinski definition) is 4. The number of fused-ring (bicyclic) bond motifs is 1. The summed E-state index contributed by atoms with van der Waals surface area (Å²) in [6.45, 7) is 3.51. The Morgan fingerprint density at radius 2 is 1.60 bits per heavy atom. The van der Waals surface area contributed by atoms with Gasteiger partial charge in [0.25, 0.3) is 0 Å². The van der Waals surface area contributed by atoms with E-state index >= 15 is 0 Å². The topological polar surface area (TPSA) is 67.9 Å². The van der Waals surface area contributed by atoms with Gasteiger partial charge in [0.05, 0.1) is 0 Å². The van der Waals surface area contributed by atoms with Crippen LogP contribution in [0.15, 0.2) is 72.8 Å². The quantitative estimate of drug-likeness (QED) is 0.354. The molecule has 3 aromatic rings. The minimum Gasteiger partial charge on any atom is -0.486 e. The van der Waals surface area contributed by atoms with Gasteiger partial charge in [-0.25, -0.2) is 0 Å². The molecule has 0 aromatic heterocycles. The van der Waals surface area contributed by atoms with Gasteiger partial charge in [0.15, 0.2) is 11.5 Å². The fourth-order valence-electron chi connectivity index (χ4n) is 5.74. The molecule has 1 aliphatic carbocycles. The maximum Gasteiger partial charge on any atom is 0.243 e. The van der Waals surface area contributed by atoms with Crippen LogP contribution in [0.4, 0.5) is 0 Å². The summed E-state index contributed by atoms with van der Waals surface area (Å²) in [5.41, 5.74) is 4.21. The van der Waals surface area contributed by atoms with E-state index in [1.165, 1.54) is 6.42 Å². The first-order chi connectivity index (χ1) is 19.5. The van der Waals surface area contributed by atoms with Crippen molar-refractivity contribution in [2.45, 2.75) is 76.9 Å². The monoisotopic (exact) mass is 540 g/mol. The average Bonchev–Trinajstić information content (AvgIpc) is 2.98. The van der Waals surface area contributed by atoms with Crippen LogP contribution in [0.25, 0.3) is 0 Å². The smallest absolute Gasteiger partial charge is 0.243 e.